The van der Waals surface area contributed by atoms with Gasteiger partial charge in [0.05, 0.1) is 0 Å². The lowest BCUT2D eigenvalue weighted by Crippen LogP contribution is -2.10. The lowest BCUT2D eigenvalue weighted by molar-refractivity contribution is 0.621. The van der Waals surface area contributed by atoms with E-state index in [1.807, 2.05) is 17.4 Å². The fraction of sp³-hybridized carbons (Fsp3) is 0. The average Bonchev–Trinajstić information content (AvgIpc) is 3.83. The molecule has 0 atom stereocenters. The number of aromatic nitrogens is 1. The second kappa shape index (κ2) is 11.9. The molecule has 0 unspecified atom stereocenters. The molecule has 0 spiro atoms. The predicted molar refractivity (Wildman–Crippen MR) is 225 cm³/mol. The van der Waals surface area contributed by atoms with Gasteiger partial charge in [0, 0.05) is 48.2 Å². The Bertz CT molecular complexity index is 3210. The van der Waals surface area contributed by atoms with Crippen LogP contribution in [-0.2, 0) is 0 Å². The van der Waals surface area contributed by atoms with Gasteiger partial charge in [-0.25, -0.2) is 4.98 Å². The minimum atomic E-state index is 0.647. The van der Waals surface area contributed by atoms with Crippen molar-refractivity contribution in [2.24, 2.45) is 0 Å². The lowest BCUT2D eigenvalue weighted by Gasteiger charge is -2.26. The molecule has 2 heterocycles. The summed E-state index contributed by atoms with van der Waals surface area (Å²) in [5.74, 6) is 0.647. The molecule has 0 amide bonds. The average molecular weight is 695 g/mol. The summed E-state index contributed by atoms with van der Waals surface area (Å²) in [6, 6.07) is 65.3. The molecule has 3 nitrogen and oxygen atoms in total. The number of fused-ring (bicyclic) bond motifs is 8. The van der Waals surface area contributed by atoms with Gasteiger partial charge < -0.3 is 9.32 Å². The first-order valence-electron chi connectivity index (χ1n) is 17.9. The van der Waals surface area contributed by atoms with Crippen LogP contribution in [0.15, 0.2) is 186 Å². The van der Waals surface area contributed by atoms with Crippen molar-refractivity contribution in [3.05, 3.63) is 182 Å². The van der Waals surface area contributed by atoms with Gasteiger partial charge >= 0.3 is 0 Å². The Balaban J connectivity index is 1.07. The second-order valence-electron chi connectivity index (χ2n) is 13.6. The van der Waals surface area contributed by atoms with Gasteiger partial charge in [0.2, 0.25) is 5.89 Å². The molecule has 9 aromatic carbocycles. The van der Waals surface area contributed by atoms with Crippen molar-refractivity contribution in [1.29, 1.82) is 0 Å². The third-order valence-electron chi connectivity index (χ3n) is 10.4. The first-order valence-corrected chi connectivity index (χ1v) is 18.7. The fourth-order valence-corrected chi connectivity index (χ4v) is 9.03. The summed E-state index contributed by atoms with van der Waals surface area (Å²) in [6.07, 6.45) is 0. The van der Waals surface area contributed by atoms with Gasteiger partial charge in [0.25, 0.3) is 0 Å². The molecule has 4 heteroatoms. The second-order valence-corrected chi connectivity index (χ2v) is 14.7. The fourth-order valence-electron chi connectivity index (χ4n) is 7.86. The number of benzene rings is 9. The minimum Gasteiger partial charge on any atom is -0.436 e. The van der Waals surface area contributed by atoms with E-state index in [0.717, 1.165) is 44.5 Å². The highest BCUT2D eigenvalue weighted by Gasteiger charge is 2.20. The van der Waals surface area contributed by atoms with Crippen molar-refractivity contribution >= 4 is 92.0 Å². The highest BCUT2D eigenvalue weighted by atomic mass is 32.1. The smallest absolute Gasteiger partial charge is 0.228 e. The molecule has 0 fully saturated rings. The largest absolute Gasteiger partial charge is 0.436 e. The first kappa shape index (κ1) is 29.9. The van der Waals surface area contributed by atoms with Crippen LogP contribution in [0.1, 0.15) is 0 Å². The molecule has 11 rings (SSSR count). The summed E-state index contributed by atoms with van der Waals surface area (Å²) in [4.78, 5) is 7.46. The molecular formula is C49H30N2OS. The summed E-state index contributed by atoms with van der Waals surface area (Å²) in [7, 11) is 0. The topological polar surface area (TPSA) is 29.3 Å². The summed E-state index contributed by atoms with van der Waals surface area (Å²) < 4.78 is 8.87. The highest BCUT2D eigenvalue weighted by Crippen LogP contribution is 2.45. The van der Waals surface area contributed by atoms with Crippen LogP contribution in [0.25, 0.3) is 86.2 Å². The van der Waals surface area contributed by atoms with Gasteiger partial charge in [-0.3, -0.25) is 0 Å². The zero-order chi connectivity index (χ0) is 34.9. The van der Waals surface area contributed by atoms with Crippen LogP contribution in [0, 0.1) is 0 Å². The molecule has 0 aliphatic carbocycles. The third kappa shape index (κ3) is 4.99. The van der Waals surface area contributed by atoms with Crippen LogP contribution in [0.4, 0.5) is 17.1 Å². The van der Waals surface area contributed by atoms with E-state index in [4.69, 9.17) is 9.40 Å². The molecule has 0 N–H and O–H groups in total. The zero-order valence-electron chi connectivity index (χ0n) is 28.5. The normalized spacial score (nSPS) is 11.8. The summed E-state index contributed by atoms with van der Waals surface area (Å²) in [5.41, 5.74) is 8.40. The van der Waals surface area contributed by atoms with Crippen molar-refractivity contribution in [1.82, 2.24) is 4.98 Å². The lowest BCUT2D eigenvalue weighted by atomic mass is 10.00. The highest BCUT2D eigenvalue weighted by molar-refractivity contribution is 7.26. The third-order valence-corrected chi connectivity index (χ3v) is 11.5. The maximum absolute atomic E-state index is 6.46. The van der Waals surface area contributed by atoms with Crippen molar-refractivity contribution in [3.63, 3.8) is 0 Å². The Morgan fingerprint density at radius 3 is 1.96 bits per heavy atom. The van der Waals surface area contributed by atoms with E-state index in [1.54, 1.807) is 0 Å². The monoisotopic (exact) mass is 694 g/mol. The first-order chi connectivity index (χ1) is 26.2. The molecule has 0 aliphatic heterocycles. The molecule has 53 heavy (non-hydrogen) atoms. The van der Waals surface area contributed by atoms with Crippen molar-refractivity contribution in [3.8, 4) is 22.6 Å². The molecule has 0 saturated carbocycles. The van der Waals surface area contributed by atoms with E-state index in [-0.39, 0.29) is 0 Å². The van der Waals surface area contributed by atoms with E-state index in [2.05, 4.69) is 181 Å². The summed E-state index contributed by atoms with van der Waals surface area (Å²) in [5, 5.41) is 9.54. The van der Waals surface area contributed by atoms with E-state index in [9.17, 15) is 0 Å². The van der Waals surface area contributed by atoms with Crippen molar-refractivity contribution in [2.75, 3.05) is 4.90 Å². The number of hydrogen-bond donors (Lipinski definition) is 0. The van der Waals surface area contributed by atoms with Crippen LogP contribution in [0.5, 0.6) is 0 Å². The van der Waals surface area contributed by atoms with Gasteiger partial charge in [-0.2, -0.15) is 0 Å². The summed E-state index contributed by atoms with van der Waals surface area (Å²) >= 11 is 1.81. The van der Waals surface area contributed by atoms with E-state index >= 15 is 0 Å². The Morgan fingerprint density at radius 1 is 0.434 bits per heavy atom. The van der Waals surface area contributed by atoms with Gasteiger partial charge in [-0.05, 0) is 98.7 Å². The Labute approximate surface area is 309 Å². The molecule has 0 bridgehead atoms. The molecule has 11 aromatic rings. The molecule has 0 saturated heterocycles. The van der Waals surface area contributed by atoms with E-state index in [0.29, 0.717) is 5.89 Å². The number of anilines is 3. The summed E-state index contributed by atoms with van der Waals surface area (Å²) in [6.45, 7) is 0. The maximum atomic E-state index is 6.46. The SMILES string of the molecule is c1cc(-c2ccc3ccccc3c2)cc(N(c2ccc3ccccc3c2)c2ccc3c(c2)sc2cccc(-c4nc5c(ccc6ccccc65)o4)c23)c1. The maximum Gasteiger partial charge on any atom is 0.228 e. The van der Waals surface area contributed by atoms with E-state index in [1.165, 1.54) is 52.8 Å². The Hall–Kier alpha value is -6.75. The van der Waals surface area contributed by atoms with Crippen molar-refractivity contribution < 1.29 is 4.42 Å². The molecule has 0 aliphatic rings. The number of rotatable bonds is 5. The van der Waals surface area contributed by atoms with E-state index < -0.39 is 0 Å². The van der Waals surface area contributed by atoms with Crippen LogP contribution < -0.4 is 4.90 Å². The quantitative estimate of drug-likeness (QED) is 0.180. The number of nitrogens with zero attached hydrogens (tertiary/aromatic N) is 2. The van der Waals surface area contributed by atoms with Gasteiger partial charge in [-0.15, -0.1) is 11.3 Å². The Morgan fingerprint density at radius 2 is 1.09 bits per heavy atom. The number of thiophene rings is 1. The number of hydrogen-bond acceptors (Lipinski definition) is 4. The molecule has 0 radical (unpaired) electrons. The predicted octanol–water partition coefficient (Wildman–Crippen LogP) is 14.5. The molecule has 248 valence electrons. The molecule has 2 aromatic heterocycles. The minimum absolute atomic E-state index is 0.647. The molecular weight excluding hydrogens is 665 g/mol. The number of oxazole rings is 1. The van der Waals surface area contributed by atoms with Crippen LogP contribution >= 0.6 is 11.3 Å². The van der Waals surface area contributed by atoms with Crippen LogP contribution in [0.2, 0.25) is 0 Å². The Kier molecular flexibility index (Phi) is 6.73. The van der Waals surface area contributed by atoms with Crippen molar-refractivity contribution in [2.45, 2.75) is 0 Å². The van der Waals surface area contributed by atoms with Gasteiger partial charge in [0.1, 0.15) is 5.52 Å². The van der Waals surface area contributed by atoms with Crippen LogP contribution in [0.3, 0.4) is 0 Å². The van der Waals surface area contributed by atoms with Gasteiger partial charge in [0.15, 0.2) is 5.58 Å². The van der Waals surface area contributed by atoms with Gasteiger partial charge in [-0.1, -0.05) is 121 Å². The standard InChI is InChI=1S/C49H30N2OS/c1-3-12-34-27-37(20-19-31(34)9-1)36-14-7-15-38(29-36)51(39-23-21-32-10-2-4-13-35(32)28-39)40-24-25-42-46(30-40)53-45-18-8-17-43(47(42)45)49-50-48-41-16-6-5-11-33(41)22-26-44(48)52-49/h1-30H. The van der Waals surface area contributed by atoms with Crippen LogP contribution in [-0.4, -0.2) is 4.98 Å². The zero-order valence-corrected chi connectivity index (χ0v) is 29.3.